The molecule has 1 amide bonds. The van der Waals surface area contributed by atoms with Gasteiger partial charge in [0.1, 0.15) is 0 Å². The van der Waals surface area contributed by atoms with Crippen molar-refractivity contribution in [2.45, 2.75) is 19.8 Å². The van der Waals surface area contributed by atoms with E-state index in [1.54, 1.807) is 0 Å². The molecule has 0 rings (SSSR count). The normalized spacial score (nSPS) is 11.9. The Bertz CT molecular complexity index is 172. The number of amides is 1. The van der Waals surface area contributed by atoms with Gasteiger partial charge in [-0.1, -0.05) is 6.92 Å². The van der Waals surface area contributed by atoms with Gasteiger partial charge in [0, 0.05) is 18.2 Å². The van der Waals surface area contributed by atoms with Crippen molar-refractivity contribution in [2.75, 3.05) is 7.11 Å². The number of rotatable bonds is 4. The van der Waals surface area contributed by atoms with Gasteiger partial charge in [-0.25, -0.2) is 0 Å². The number of hydrogen-bond donors (Lipinski definition) is 1. The van der Waals surface area contributed by atoms with Crippen molar-refractivity contribution in [3.05, 3.63) is 0 Å². The van der Waals surface area contributed by atoms with Crippen LogP contribution in [0.15, 0.2) is 0 Å². The van der Waals surface area contributed by atoms with E-state index in [4.69, 9.17) is 11.8 Å². The van der Waals surface area contributed by atoms with Crippen molar-refractivity contribution < 1.29 is 14.3 Å². The lowest BCUT2D eigenvalue weighted by atomic mass is 10.0. The molecule has 0 aromatic rings. The summed E-state index contributed by atoms with van der Waals surface area (Å²) < 4.78 is 4.49. The summed E-state index contributed by atoms with van der Waals surface area (Å²) in [5.41, 5.74) is 0. The maximum atomic E-state index is 10.9. The molecule has 0 fully saturated rings. The van der Waals surface area contributed by atoms with Crippen LogP contribution in [0.1, 0.15) is 19.8 Å². The first kappa shape index (κ1) is 11.2. The van der Waals surface area contributed by atoms with E-state index in [-0.39, 0.29) is 18.3 Å². The topological polar surface area (TPSA) is 55.4 Å². The molecule has 1 N–H and O–H groups in total. The molecule has 0 spiro atoms. The van der Waals surface area contributed by atoms with Gasteiger partial charge in [0.05, 0.1) is 13.0 Å². The van der Waals surface area contributed by atoms with Crippen LogP contribution in [0.25, 0.3) is 0 Å². The van der Waals surface area contributed by atoms with Crippen LogP contribution in [0.5, 0.6) is 0 Å². The highest BCUT2D eigenvalue weighted by Crippen LogP contribution is 2.09. The molecule has 4 nitrogen and oxygen atoms in total. The van der Waals surface area contributed by atoms with Crippen LogP contribution < -0.4 is 4.84 Å². The average molecular weight is 194 g/mol. The summed E-state index contributed by atoms with van der Waals surface area (Å²) >= 11 is 5.05. The first-order valence-corrected chi connectivity index (χ1v) is 4.00. The van der Waals surface area contributed by atoms with Crippen molar-refractivity contribution in [1.29, 1.82) is 0 Å². The minimum Gasteiger partial charge on any atom is -0.469 e. The summed E-state index contributed by atoms with van der Waals surface area (Å²) in [7, 11) is 1.30. The lowest BCUT2D eigenvalue weighted by Gasteiger charge is -2.09. The summed E-state index contributed by atoms with van der Waals surface area (Å²) in [6, 6.07) is 0. The second-order valence-corrected chi connectivity index (χ2v) is 2.54. The zero-order chi connectivity index (χ0) is 9.56. The van der Waals surface area contributed by atoms with Crippen LogP contribution in [0.4, 0.5) is 0 Å². The Morgan fingerprint density at radius 3 is 2.50 bits per heavy atom. The van der Waals surface area contributed by atoms with Crippen LogP contribution >= 0.6 is 11.8 Å². The van der Waals surface area contributed by atoms with Crippen LogP contribution in [0.2, 0.25) is 0 Å². The van der Waals surface area contributed by atoms with Crippen molar-refractivity contribution in [2.24, 2.45) is 5.92 Å². The molecule has 0 heterocycles. The van der Waals surface area contributed by atoms with Gasteiger partial charge >= 0.3 is 5.97 Å². The van der Waals surface area contributed by atoms with Gasteiger partial charge in [0.2, 0.25) is 5.91 Å². The Hall–Kier alpha value is -0.770. The van der Waals surface area contributed by atoms with Crippen molar-refractivity contribution >= 4 is 23.7 Å². The summed E-state index contributed by atoms with van der Waals surface area (Å²) in [6.07, 6.45) is 0.643. The molecule has 0 aliphatic rings. The summed E-state index contributed by atoms with van der Waals surface area (Å²) in [4.78, 5) is 23.6. The smallest absolute Gasteiger partial charge is 0.309 e. The van der Waals surface area contributed by atoms with E-state index in [1.807, 2.05) is 11.8 Å². The molecule has 0 aromatic heterocycles. The molecule has 0 aliphatic heterocycles. The maximum absolute atomic E-state index is 10.9. The molecule has 1 atom stereocenters. The Morgan fingerprint density at radius 1 is 1.58 bits per heavy atom. The lowest BCUT2D eigenvalue weighted by Crippen LogP contribution is -2.23. The Morgan fingerprint density at radius 2 is 2.17 bits per heavy atom. The van der Waals surface area contributed by atoms with Gasteiger partial charge in [-0.3, -0.25) is 14.4 Å². The third-order valence-electron chi connectivity index (χ3n) is 1.56. The average Bonchev–Trinajstić information content (AvgIpc) is 2.12. The van der Waals surface area contributed by atoms with Crippen LogP contribution in [0.3, 0.4) is 0 Å². The zero-order valence-corrected chi connectivity index (χ0v) is 7.85. The second-order valence-electron chi connectivity index (χ2n) is 2.35. The number of methoxy groups -OCH3 is 1. The molecular weight excluding hydrogens is 182 g/mol. The van der Waals surface area contributed by atoms with Gasteiger partial charge in [0.25, 0.3) is 0 Å². The Labute approximate surface area is 76.3 Å². The highest BCUT2D eigenvalue weighted by atomic mass is 35.5. The van der Waals surface area contributed by atoms with E-state index in [9.17, 15) is 9.59 Å². The van der Waals surface area contributed by atoms with E-state index in [0.717, 1.165) is 0 Å². The number of carbonyl (C=O) groups excluding carboxylic acids is 2. The van der Waals surface area contributed by atoms with E-state index >= 15 is 0 Å². The summed E-state index contributed by atoms with van der Waals surface area (Å²) in [5, 5.41) is 0. The number of nitrogens with one attached hydrogen (secondary N) is 1. The van der Waals surface area contributed by atoms with Crippen molar-refractivity contribution in [3.63, 3.8) is 0 Å². The Kier molecular flexibility index (Phi) is 5.45. The molecule has 1 unspecified atom stereocenters. The second kappa shape index (κ2) is 5.83. The van der Waals surface area contributed by atoms with Crippen molar-refractivity contribution in [1.82, 2.24) is 4.84 Å². The molecule has 0 saturated heterocycles. The van der Waals surface area contributed by atoms with Crippen LogP contribution in [-0.2, 0) is 14.3 Å². The number of ether oxygens (including phenoxy) is 1. The van der Waals surface area contributed by atoms with E-state index in [0.29, 0.717) is 6.42 Å². The largest absolute Gasteiger partial charge is 0.469 e. The molecular formula is C7H12ClNO3. The number of halogens is 1. The first-order chi connectivity index (χ1) is 5.65. The van der Waals surface area contributed by atoms with E-state index in [2.05, 4.69) is 4.74 Å². The molecule has 0 aliphatic carbocycles. The quantitative estimate of drug-likeness (QED) is 0.532. The first-order valence-electron chi connectivity index (χ1n) is 3.63. The fourth-order valence-corrected chi connectivity index (χ4v) is 0.901. The fourth-order valence-electron chi connectivity index (χ4n) is 0.823. The SMILES string of the molecule is CCC(CC(=O)NCl)C(=O)OC. The summed E-state index contributed by atoms with van der Waals surface area (Å²) in [5.74, 6) is -1.14. The van der Waals surface area contributed by atoms with Gasteiger partial charge in [0.15, 0.2) is 0 Å². The minimum absolute atomic E-state index is 0.0761. The molecule has 12 heavy (non-hydrogen) atoms. The highest BCUT2D eigenvalue weighted by Gasteiger charge is 2.19. The monoisotopic (exact) mass is 193 g/mol. The minimum atomic E-state index is -0.395. The third kappa shape index (κ3) is 3.57. The third-order valence-corrected chi connectivity index (χ3v) is 1.78. The summed E-state index contributed by atoms with van der Waals surface area (Å²) in [6.45, 7) is 1.81. The molecule has 0 aromatic carbocycles. The highest BCUT2D eigenvalue weighted by molar-refractivity contribution is 6.21. The van der Waals surface area contributed by atoms with E-state index in [1.165, 1.54) is 7.11 Å². The zero-order valence-electron chi connectivity index (χ0n) is 7.09. The van der Waals surface area contributed by atoms with Gasteiger partial charge in [-0.2, -0.15) is 0 Å². The number of esters is 1. The predicted molar refractivity (Wildman–Crippen MR) is 44.4 cm³/mol. The predicted octanol–water partition coefficient (Wildman–Crippen LogP) is 0.846. The molecule has 5 heteroatoms. The maximum Gasteiger partial charge on any atom is 0.309 e. The molecule has 70 valence electrons. The van der Waals surface area contributed by atoms with E-state index < -0.39 is 5.92 Å². The molecule has 0 radical (unpaired) electrons. The fraction of sp³-hybridized carbons (Fsp3) is 0.714. The Balaban J connectivity index is 3.99. The standard InChI is InChI=1S/C7H12ClNO3/c1-3-5(7(11)12-2)4-6(10)9-8/h5H,3-4H2,1-2H3,(H,9,10). The van der Waals surface area contributed by atoms with Gasteiger partial charge in [-0.15, -0.1) is 0 Å². The van der Waals surface area contributed by atoms with Gasteiger partial charge < -0.3 is 4.74 Å². The van der Waals surface area contributed by atoms with Crippen molar-refractivity contribution in [3.8, 4) is 0 Å². The molecule has 0 saturated carbocycles. The molecule has 0 bridgehead atoms. The number of hydrogen-bond acceptors (Lipinski definition) is 3. The lowest BCUT2D eigenvalue weighted by molar-refractivity contribution is -0.147. The van der Waals surface area contributed by atoms with Crippen LogP contribution in [0, 0.1) is 5.92 Å². The number of carbonyl (C=O) groups is 2. The van der Waals surface area contributed by atoms with Crippen LogP contribution in [-0.4, -0.2) is 19.0 Å². The van der Waals surface area contributed by atoms with Gasteiger partial charge in [-0.05, 0) is 6.42 Å².